The standard InChI is InChI=1S/C16H21BN2O9/c18-15(23)10(5-12(20)21)19-6-9(7-19)28-11-2-1-8(3-4-17(26)27)14(22)13(11)16(24)25/h1-2,9-10,22,26-27H,3-7H2,(H2,18,23)(H,20,21)(H,24,25). The maximum Gasteiger partial charge on any atom is 0.451 e. The van der Waals surface area contributed by atoms with Crippen molar-refractivity contribution in [1.82, 2.24) is 4.90 Å². The molecular formula is C16H21BN2O9. The fraction of sp³-hybridized carbons (Fsp3) is 0.438. The molecular weight excluding hydrogens is 375 g/mol. The minimum absolute atomic E-state index is 0.0523. The van der Waals surface area contributed by atoms with E-state index in [2.05, 4.69) is 0 Å². The van der Waals surface area contributed by atoms with Crippen LogP contribution in [0.2, 0.25) is 6.32 Å². The summed E-state index contributed by atoms with van der Waals surface area (Å²) in [5.41, 5.74) is 4.98. The molecule has 1 unspecified atom stereocenters. The number of likely N-dealkylation sites (tertiary alicyclic amines) is 1. The predicted octanol–water partition coefficient (Wildman–Crippen LogP) is -1.50. The molecule has 7 N–H and O–H groups in total. The molecule has 11 nitrogen and oxygen atoms in total. The highest BCUT2D eigenvalue weighted by molar-refractivity contribution is 6.41. The summed E-state index contributed by atoms with van der Waals surface area (Å²) in [6.07, 6.45) is -0.994. The number of carboxylic acid groups (broad SMARTS) is 2. The fourth-order valence-corrected chi connectivity index (χ4v) is 2.96. The number of aromatic hydroxyl groups is 1. The summed E-state index contributed by atoms with van der Waals surface area (Å²) >= 11 is 0. The van der Waals surface area contributed by atoms with E-state index >= 15 is 0 Å². The first-order chi connectivity index (χ1) is 13.1. The first kappa shape index (κ1) is 21.5. The van der Waals surface area contributed by atoms with Crippen molar-refractivity contribution in [2.45, 2.75) is 31.3 Å². The summed E-state index contributed by atoms with van der Waals surface area (Å²) in [6, 6.07) is 1.79. The summed E-state index contributed by atoms with van der Waals surface area (Å²) < 4.78 is 5.59. The zero-order valence-corrected chi connectivity index (χ0v) is 14.8. The van der Waals surface area contributed by atoms with Crippen LogP contribution in [0.25, 0.3) is 0 Å². The Balaban J connectivity index is 2.09. The molecule has 1 fully saturated rings. The number of benzene rings is 1. The van der Waals surface area contributed by atoms with Crippen LogP contribution in [0.1, 0.15) is 22.3 Å². The summed E-state index contributed by atoms with van der Waals surface area (Å²) in [5, 5.41) is 46.3. The highest BCUT2D eigenvalue weighted by atomic mass is 16.5. The van der Waals surface area contributed by atoms with Crippen LogP contribution in [-0.4, -0.2) is 80.5 Å². The van der Waals surface area contributed by atoms with Crippen LogP contribution in [0.3, 0.4) is 0 Å². The molecule has 0 bridgehead atoms. The zero-order valence-electron chi connectivity index (χ0n) is 14.8. The van der Waals surface area contributed by atoms with Gasteiger partial charge in [0.1, 0.15) is 23.2 Å². The zero-order chi connectivity index (χ0) is 21.0. The Kier molecular flexibility index (Phi) is 6.83. The number of carbonyl (C=O) groups is 3. The van der Waals surface area contributed by atoms with Crippen molar-refractivity contribution in [2.75, 3.05) is 13.1 Å². The van der Waals surface area contributed by atoms with E-state index in [4.69, 9.17) is 25.6 Å². The van der Waals surface area contributed by atoms with Crippen molar-refractivity contribution in [3.05, 3.63) is 23.3 Å². The van der Waals surface area contributed by atoms with Crippen molar-refractivity contribution >= 4 is 25.0 Å². The van der Waals surface area contributed by atoms with E-state index in [1.165, 1.54) is 17.0 Å². The molecule has 152 valence electrons. The quantitative estimate of drug-likeness (QED) is 0.254. The lowest BCUT2D eigenvalue weighted by Crippen LogP contribution is -2.61. The van der Waals surface area contributed by atoms with Crippen LogP contribution < -0.4 is 10.5 Å². The smallest absolute Gasteiger partial charge is 0.451 e. The first-order valence-corrected chi connectivity index (χ1v) is 8.46. The van der Waals surface area contributed by atoms with Crippen LogP contribution in [0.4, 0.5) is 0 Å². The second-order valence-electron chi connectivity index (χ2n) is 6.48. The van der Waals surface area contributed by atoms with Gasteiger partial charge < -0.3 is 35.8 Å². The number of aliphatic carboxylic acids is 1. The highest BCUT2D eigenvalue weighted by Crippen LogP contribution is 2.34. The molecule has 0 aliphatic carbocycles. The lowest BCUT2D eigenvalue weighted by Gasteiger charge is -2.42. The van der Waals surface area contributed by atoms with E-state index in [1.807, 2.05) is 0 Å². The molecule has 1 atom stereocenters. The number of hydrogen-bond donors (Lipinski definition) is 6. The molecule has 1 aliphatic rings. The number of aromatic carboxylic acids is 1. The van der Waals surface area contributed by atoms with Crippen LogP contribution in [0.5, 0.6) is 11.5 Å². The van der Waals surface area contributed by atoms with E-state index in [1.54, 1.807) is 0 Å². The minimum Gasteiger partial charge on any atom is -0.507 e. The second-order valence-corrected chi connectivity index (χ2v) is 6.48. The maximum absolute atomic E-state index is 11.5. The Bertz CT molecular complexity index is 765. The van der Waals surface area contributed by atoms with Crippen molar-refractivity contribution in [3.63, 3.8) is 0 Å². The van der Waals surface area contributed by atoms with Crippen molar-refractivity contribution in [3.8, 4) is 11.5 Å². The van der Waals surface area contributed by atoms with Gasteiger partial charge in [-0.2, -0.15) is 0 Å². The van der Waals surface area contributed by atoms with Gasteiger partial charge in [-0.15, -0.1) is 0 Å². The molecule has 1 aromatic rings. The molecule has 0 saturated carbocycles. The molecule has 1 aliphatic heterocycles. The van der Waals surface area contributed by atoms with E-state index in [-0.39, 0.29) is 37.1 Å². The van der Waals surface area contributed by atoms with Gasteiger partial charge in [-0.05, 0) is 24.4 Å². The Morgan fingerprint density at radius 1 is 1.25 bits per heavy atom. The monoisotopic (exact) mass is 396 g/mol. The number of aryl methyl sites for hydroxylation is 1. The number of nitrogens with zero attached hydrogens (tertiary/aromatic N) is 1. The van der Waals surface area contributed by atoms with Crippen LogP contribution >= 0.6 is 0 Å². The molecule has 2 rings (SSSR count). The summed E-state index contributed by atoms with van der Waals surface area (Å²) in [7, 11) is -1.59. The number of hydrogen-bond acceptors (Lipinski definition) is 8. The third kappa shape index (κ3) is 5.12. The number of carbonyl (C=O) groups excluding carboxylic acids is 1. The van der Waals surface area contributed by atoms with Crippen LogP contribution in [0.15, 0.2) is 12.1 Å². The Morgan fingerprint density at radius 2 is 1.89 bits per heavy atom. The summed E-state index contributed by atoms with van der Waals surface area (Å²) in [4.78, 5) is 35.3. The SMILES string of the molecule is NC(=O)C(CC(=O)O)N1CC(Oc2ccc(CCB(O)O)c(O)c2C(=O)O)C1. The molecule has 0 radical (unpaired) electrons. The maximum atomic E-state index is 11.5. The number of nitrogens with two attached hydrogens (primary N) is 1. The molecule has 12 heteroatoms. The number of rotatable bonds is 10. The topological polar surface area (TPSA) is 191 Å². The molecule has 0 aromatic heterocycles. The molecule has 1 aromatic carbocycles. The third-order valence-electron chi connectivity index (χ3n) is 4.42. The average Bonchev–Trinajstić information content (AvgIpc) is 2.54. The van der Waals surface area contributed by atoms with Gasteiger partial charge in [-0.3, -0.25) is 14.5 Å². The van der Waals surface area contributed by atoms with E-state index in [9.17, 15) is 24.6 Å². The van der Waals surface area contributed by atoms with Gasteiger partial charge in [0, 0.05) is 13.1 Å². The Labute approximate surface area is 160 Å². The van der Waals surface area contributed by atoms with Gasteiger partial charge in [0.15, 0.2) is 0 Å². The largest absolute Gasteiger partial charge is 0.507 e. The Hall–Kier alpha value is -2.83. The number of phenols is 1. The van der Waals surface area contributed by atoms with Crippen molar-refractivity contribution in [1.29, 1.82) is 0 Å². The van der Waals surface area contributed by atoms with E-state index in [0.29, 0.717) is 0 Å². The average molecular weight is 396 g/mol. The highest BCUT2D eigenvalue weighted by Gasteiger charge is 2.38. The van der Waals surface area contributed by atoms with E-state index < -0.39 is 54.8 Å². The van der Waals surface area contributed by atoms with Crippen LogP contribution in [0, 0.1) is 0 Å². The predicted molar refractivity (Wildman–Crippen MR) is 95.0 cm³/mol. The van der Waals surface area contributed by atoms with Gasteiger partial charge in [0.2, 0.25) is 5.91 Å². The van der Waals surface area contributed by atoms with Gasteiger partial charge in [0.05, 0.1) is 12.5 Å². The van der Waals surface area contributed by atoms with Gasteiger partial charge in [-0.1, -0.05) is 6.07 Å². The van der Waals surface area contributed by atoms with Crippen molar-refractivity contribution in [2.24, 2.45) is 5.73 Å². The molecule has 0 spiro atoms. The Morgan fingerprint density at radius 3 is 2.39 bits per heavy atom. The number of primary amides is 1. The van der Waals surface area contributed by atoms with Gasteiger partial charge >= 0.3 is 19.1 Å². The molecule has 1 amide bonds. The van der Waals surface area contributed by atoms with Crippen LogP contribution in [-0.2, 0) is 16.0 Å². The number of ether oxygens (including phenoxy) is 1. The van der Waals surface area contributed by atoms with Crippen molar-refractivity contribution < 1.29 is 44.5 Å². The molecule has 1 heterocycles. The first-order valence-electron chi connectivity index (χ1n) is 8.46. The second kappa shape index (κ2) is 8.91. The lowest BCUT2D eigenvalue weighted by molar-refractivity contribution is -0.143. The summed E-state index contributed by atoms with van der Waals surface area (Å²) in [5.74, 6) is -3.98. The van der Waals surface area contributed by atoms with Gasteiger partial charge in [-0.25, -0.2) is 4.79 Å². The summed E-state index contributed by atoms with van der Waals surface area (Å²) in [6.45, 7) is 0.332. The van der Waals surface area contributed by atoms with Gasteiger partial charge in [0.25, 0.3) is 0 Å². The number of amides is 1. The minimum atomic E-state index is -1.59. The third-order valence-corrected chi connectivity index (χ3v) is 4.42. The van der Waals surface area contributed by atoms with E-state index in [0.717, 1.165) is 0 Å². The normalized spacial score (nSPS) is 15.5. The number of carboxylic acids is 2. The molecule has 28 heavy (non-hydrogen) atoms. The fourth-order valence-electron chi connectivity index (χ4n) is 2.96. The lowest BCUT2D eigenvalue weighted by atomic mass is 9.82. The molecule has 1 saturated heterocycles.